The number of carbonyl (C=O) groups is 1. The van der Waals surface area contributed by atoms with Crippen molar-refractivity contribution >= 4 is 33.4 Å². The Labute approximate surface area is 328 Å². The van der Waals surface area contributed by atoms with Gasteiger partial charge in [-0.15, -0.1) is 6.42 Å². The molecule has 9 rings (SSSR count). The number of nitrogens with zero attached hydrogens (tertiary/aromatic N) is 6. The number of amides is 1. The average molecular weight is 774 g/mol. The molecule has 5 aromatic rings. The maximum absolute atomic E-state index is 17.1. The normalized spacial score (nSPS) is 23.2. The lowest BCUT2D eigenvalue weighted by molar-refractivity contribution is -0.116. The van der Waals surface area contributed by atoms with E-state index in [1.807, 2.05) is 12.1 Å². The number of fused-ring (bicyclic) bond motifs is 5. The molecule has 2 N–H and O–H groups in total. The smallest absolute Gasteiger partial charge is 0.319 e. The van der Waals surface area contributed by atoms with Crippen LogP contribution in [0.4, 0.5) is 19.0 Å². The number of hydrogen-bond donors (Lipinski definition) is 2. The molecule has 4 aliphatic heterocycles. The summed E-state index contributed by atoms with van der Waals surface area (Å²) in [7, 11) is 0. The van der Waals surface area contributed by atoms with Gasteiger partial charge in [-0.1, -0.05) is 42.8 Å². The molecule has 292 valence electrons. The number of phenolic OH excluding ortho intramolecular Hbond substituents is 1. The lowest BCUT2D eigenvalue weighted by Crippen LogP contribution is -2.53. The first-order chi connectivity index (χ1) is 27.6. The molecule has 4 atom stereocenters. The summed E-state index contributed by atoms with van der Waals surface area (Å²) in [6.45, 7) is 7.25. The minimum atomic E-state index is -0.947. The second kappa shape index (κ2) is 14.7. The standard InChI is InChI=1S/C44H42F3N7O3/c1-3-33-36(46)13-10-28-16-32(55)17-34(38(28)33)40-39(47)41-35(20-49-40)42(51-43(50-41)57-25-44-14-5-15-53(44)22-29(45)18-44)52-23-30-11-12-31(24-52)54(30)21-27-8-6-26(7-9-27)19-48-37(56)4-2/h1,4,6-10,13,16-17,20,29-31,55H,2,5,11-12,14-15,18-19,21-25H2,(H,48,56). The Morgan fingerprint density at radius 2 is 1.86 bits per heavy atom. The number of ether oxygens (including phenoxy) is 1. The monoisotopic (exact) mass is 773 g/mol. The summed E-state index contributed by atoms with van der Waals surface area (Å²) in [5.41, 5.74) is 1.55. The van der Waals surface area contributed by atoms with Crippen molar-refractivity contribution in [2.24, 2.45) is 0 Å². The van der Waals surface area contributed by atoms with Crippen molar-refractivity contribution in [2.75, 3.05) is 37.7 Å². The van der Waals surface area contributed by atoms with Crippen LogP contribution in [-0.2, 0) is 17.9 Å². The highest BCUT2D eigenvalue weighted by atomic mass is 19.1. The van der Waals surface area contributed by atoms with Gasteiger partial charge in [-0.05, 0) is 73.0 Å². The third-order valence-electron chi connectivity index (χ3n) is 12.3. The average Bonchev–Trinajstić information content (AvgIpc) is 3.81. The predicted octanol–water partition coefficient (Wildman–Crippen LogP) is 6.42. The molecule has 4 fully saturated rings. The fourth-order valence-corrected chi connectivity index (χ4v) is 9.57. The number of halogens is 3. The van der Waals surface area contributed by atoms with Gasteiger partial charge >= 0.3 is 6.01 Å². The number of aromatic hydroxyl groups is 1. The first-order valence-electron chi connectivity index (χ1n) is 19.4. The molecule has 2 bridgehead atoms. The highest BCUT2D eigenvalue weighted by Crippen LogP contribution is 2.43. The maximum atomic E-state index is 17.1. The molecule has 0 radical (unpaired) electrons. The van der Waals surface area contributed by atoms with Crippen LogP contribution in [-0.4, -0.2) is 92.3 Å². The lowest BCUT2D eigenvalue weighted by atomic mass is 9.95. The van der Waals surface area contributed by atoms with E-state index in [9.17, 15) is 14.3 Å². The number of hydrogen-bond acceptors (Lipinski definition) is 9. The van der Waals surface area contributed by atoms with Gasteiger partial charge in [0.2, 0.25) is 5.91 Å². The van der Waals surface area contributed by atoms with Crippen LogP contribution in [0.5, 0.6) is 11.8 Å². The fourth-order valence-electron chi connectivity index (χ4n) is 9.57. The first-order valence-corrected chi connectivity index (χ1v) is 19.4. The summed E-state index contributed by atoms with van der Waals surface area (Å²) in [4.78, 5) is 32.5. The van der Waals surface area contributed by atoms with Crippen LogP contribution in [0.15, 0.2) is 67.4 Å². The SMILES string of the molecule is C#Cc1c(F)ccc2cc(O)cc(-c3ncc4c(N5CC6CCC(C5)N6Cc5ccc(CNC(=O)C=C)cc5)nc(OCC56CCCN5CC(F)C6)nc4c3F)c12. The molecule has 57 heavy (non-hydrogen) atoms. The molecule has 4 unspecified atom stereocenters. The molecule has 4 aliphatic rings. The van der Waals surface area contributed by atoms with E-state index in [0.717, 1.165) is 49.9 Å². The van der Waals surface area contributed by atoms with Gasteiger partial charge < -0.3 is 20.1 Å². The second-order valence-electron chi connectivity index (χ2n) is 15.7. The van der Waals surface area contributed by atoms with Crippen LogP contribution in [0.25, 0.3) is 32.9 Å². The van der Waals surface area contributed by atoms with E-state index >= 15 is 8.78 Å². The molecule has 0 spiro atoms. The molecule has 6 heterocycles. The van der Waals surface area contributed by atoms with Crippen molar-refractivity contribution in [3.8, 4) is 35.4 Å². The molecule has 10 nitrogen and oxygen atoms in total. The Balaban J connectivity index is 1.06. The van der Waals surface area contributed by atoms with Gasteiger partial charge in [-0.2, -0.15) is 9.97 Å². The number of aromatic nitrogens is 3. The van der Waals surface area contributed by atoms with E-state index in [0.29, 0.717) is 49.2 Å². The number of pyridine rings is 1. The number of piperazine rings is 1. The molecule has 0 saturated carbocycles. The summed E-state index contributed by atoms with van der Waals surface area (Å²) in [6, 6.07) is 14.1. The summed E-state index contributed by atoms with van der Waals surface area (Å²) >= 11 is 0. The minimum absolute atomic E-state index is 0.0210. The van der Waals surface area contributed by atoms with Crippen molar-refractivity contribution in [3.63, 3.8) is 0 Å². The Morgan fingerprint density at radius 3 is 2.61 bits per heavy atom. The van der Waals surface area contributed by atoms with Crippen LogP contribution in [0.3, 0.4) is 0 Å². The van der Waals surface area contributed by atoms with Gasteiger partial charge in [0.1, 0.15) is 41.4 Å². The maximum Gasteiger partial charge on any atom is 0.319 e. The number of phenols is 1. The zero-order valence-corrected chi connectivity index (χ0v) is 31.4. The fraction of sp³-hybridized carbons (Fsp3) is 0.364. The van der Waals surface area contributed by atoms with Crippen molar-refractivity contribution in [2.45, 2.75) is 69.0 Å². The Bertz CT molecular complexity index is 2440. The van der Waals surface area contributed by atoms with Crippen LogP contribution in [0.1, 0.15) is 48.8 Å². The third-order valence-corrected chi connectivity index (χ3v) is 12.3. The number of anilines is 1. The summed E-state index contributed by atoms with van der Waals surface area (Å²) < 4.78 is 53.2. The number of alkyl halides is 1. The minimum Gasteiger partial charge on any atom is -0.508 e. The van der Waals surface area contributed by atoms with E-state index in [-0.39, 0.29) is 64.1 Å². The van der Waals surface area contributed by atoms with E-state index in [1.165, 1.54) is 36.5 Å². The van der Waals surface area contributed by atoms with E-state index in [1.54, 1.807) is 0 Å². The molecule has 4 saturated heterocycles. The molecule has 0 aliphatic carbocycles. The number of nitrogens with one attached hydrogen (secondary N) is 1. The largest absolute Gasteiger partial charge is 0.508 e. The van der Waals surface area contributed by atoms with Gasteiger partial charge in [-0.25, -0.2) is 13.2 Å². The lowest BCUT2D eigenvalue weighted by Gasteiger charge is -2.42. The topological polar surface area (TPSA) is 107 Å². The van der Waals surface area contributed by atoms with Crippen LogP contribution >= 0.6 is 0 Å². The number of rotatable bonds is 10. The van der Waals surface area contributed by atoms with Crippen molar-refractivity contribution in [3.05, 3.63) is 95.7 Å². The van der Waals surface area contributed by atoms with Gasteiger partial charge in [0, 0.05) is 68.4 Å². The van der Waals surface area contributed by atoms with E-state index < -0.39 is 23.3 Å². The molecule has 13 heteroatoms. The molecular weight excluding hydrogens is 732 g/mol. The molecule has 3 aromatic carbocycles. The van der Waals surface area contributed by atoms with Crippen molar-refractivity contribution in [1.82, 2.24) is 30.1 Å². The van der Waals surface area contributed by atoms with Crippen LogP contribution in [0, 0.1) is 24.0 Å². The van der Waals surface area contributed by atoms with Crippen LogP contribution in [0.2, 0.25) is 0 Å². The number of carbonyl (C=O) groups excluding carboxylic acids is 1. The summed E-state index contributed by atoms with van der Waals surface area (Å²) in [5, 5.41) is 14.5. The van der Waals surface area contributed by atoms with Gasteiger partial charge in [-0.3, -0.25) is 19.6 Å². The Morgan fingerprint density at radius 1 is 1.09 bits per heavy atom. The highest BCUT2D eigenvalue weighted by molar-refractivity contribution is 6.03. The van der Waals surface area contributed by atoms with Crippen molar-refractivity contribution in [1.29, 1.82) is 0 Å². The predicted molar refractivity (Wildman–Crippen MR) is 211 cm³/mol. The zero-order chi connectivity index (χ0) is 39.4. The summed E-state index contributed by atoms with van der Waals surface area (Å²) in [6.07, 6.45) is 11.6. The van der Waals surface area contributed by atoms with Gasteiger partial charge in [0.05, 0.1) is 16.5 Å². The first kappa shape index (κ1) is 36.9. The number of benzene rings is 3. The quantitative estimate of drug-likeness (QED) is 0.123. The number of terminal acetylenes is 1. The van der Waals surface area contributed by atoms with Crippen LogP contribution < -0.4 is 15.0 Å². The second-order valence-corrected chi connectivity index (χ2v) is 15.7. The molecule has 2 aromatic heterocycles. The zero-order valence-electron chi connectivity index (χ0n) is 31.4. The van der Waals surface area contributed by atoms with Crippen molar-refractivity contribution < 1.29 is 27.8 Å². The molecular formula is C44H42F3N7O3. The Kier molecular flexibility index (Phi) is 9.49. The highest BCUT2D eigenvalue weighted by Gasteiger charge is 2.49. The summed E-state index contributed by atoms with van der Waals surface area (Å²) in [5.74, 6) is 1.05. The van der Waals surface area contributed by atoms with Gasteiger partial charge in [0.15, 0.2) is 5.82 Å². The van der Waals surface area contributed by atoms with Gasteiger partial charge in [0.25, 0.3) is 0 Å². The Hall–Kier alpha value is -5.71. The molecule has 1 amide bonds. The third kappa shape index (κ3) is 6.70. The van der Waals surface area contributed by atoms with E-state index in [4.69, 9.17) is 16.1 Å². The van der Waals surface area contributed by atoms with E-state index in [2.05, 4.69) is 54.6 Å².